The largest absolute Gasteiger partial charge is 0.385 e. The third-order valence-electron chi connectivity index (χ3n) is 7.36. The van der Waals surface area contributed by atoms with E-state index in [-0.39, 0.29) is 11.7 Å². The van der Waals surface area contributed by atoms with Gasteiger partial charge >= 0.3 is 0 Å². The molecule has 0 aromatic rings. The highest BCUT2D eigenvalue weighted by Crippen LogP contribution is 2.57. The second kappa shape index (κ2) is 6.31. The van der Waals surface area contributed by atoms with Crippen molar-refractivity contribution in [1.29, 1.82) is 0 Å². The summed E-state index contributed by atoms with van der Waals surface area (Å²) in [5.74, 6) is 2.77. The molecule has 3 heteroatoms. The molecule has 0 aromatic carbocycles. The van der Waals surface area contributed by atoms with Gasteiger partial charge in [0.05, 0.1) is 32.3 Å². The van der Waals surface area contributed by atoms with Crippen molar-refractivity contribution in [2.45, 2.75) is 75.9 Å². The van der Waals surface area contributed by atoms with Gasteiger partial charge in [-0.2, -0.15) is 0 Å². The Morgan fingerprint density at radius 2 is 1.48 bits per heavy atom. The molecule has 4 saturated carbocycles. The summed E-state index contributed by atoms with van der Waals surface area (Å²) in [6, 6.07) is 0. The van der Waals surface area contributed by atoms with Crippen LogP contribution in [0.2, 0.25) is 0 Å². The molecule has 5 aliphatic rings. The van der Waals surface area contributed by atoms with Crippen LogP contribution < -0.4 is 0 Å². The van der Waals surface area contributed by atoms with Gasteiger partial charge in [-0.3, -0.25) is 0 Å². The number of quaternary nitrogens is 1. The molecule has 5 fully saturated rings. The molecule has 1 saturated heterocycles. The van der Waals surface area contributed by atoms with E-state index in [0.717, 1.165) is 28.8 Å². The fraction of sp³-hybridized carbons (Fsp3) is 1.00. The molecule has 1 heterocycles. The topological polar surface area (TPSA) is 29.5 Å². The first-order valence-electron chi connectivity index (χ1n) is 10.2. The van der Waals surface area contributed by atoms with E-state index in [1.165, 1.54) is 77.3 Å². The molecule has 4 bridgehead atoms. The van der Waals surface area contributed by atoms with Gasteiger partial charge in [0.25, 0.3) is 0 Å². The highest BCUT2D eigenvalue weighted by molar-refractivity contribution is 5.03. The molecule has 0 amide bonds. The Morgan fingerprint density at radius 1 is 0.957 bits per heavy atom. The Labute approximate surface area is 142 Å². The summed E-state index contributed by atoms with van der Waals surface area (Å²) in [6.45, 7) is 3.91. The molecule has 0 unspecified atom stereocenters. The first-order chi connectivity index (χ1) is 11.0. The summed E-state index contributed by atoms with van der Waals surface area (Å²) in [6.07, 6.45) is 13.3. The number of likely N-dealkylation sites (tertiary alicyclic amines) is 1. The molecule has 5 rings (SSSR count). The molecule has 1 aliphatic heterocycles. The molecular weight excluding hydrogens is 286 g/mol. The van der Waals surface area contributed by atoms with E-state index >= 15 is 0 Å². The van der Waals surface area contributed by atoms with Gasteiger partial charge in [0.1, 0.15) is 12.6 Å². The predicted molar refractivity (Wildman–Crippen MR) is 92.1 cm³/mol. The van der Waals surface area contributed by atoms with Crippen LogP contribution >= 0.6 is 0 Å². The first-order valence-corrected chi connectivity index (χ1v) is 10.2. The summed E-state index contributed by atoms with van der Waals surface area (Å²) in [7, 11) is 2.33. The second-order valence-corrected chi connectivity index (χ2v) is 9.73. The fourth-order valence-corrected chi connectivity index (χ4v) is 6.68. The average Bonchev–Trinajstić information content (AvgIpc) is 2.69. The maximum atomic E-state index is 10.6. The van der Waals surface area contributed by atoms with Crippen LogP contribution in [0.5, 0.6) is 0 Å². The molecule has 0 radical (unpaired) electrons. The van der Waals surface area contributed by atoms with Gasteiger partial charge in [0, 0.05) is 0 Å². The maximum Gasteiger partial charge on any atom is 0.126 e. The van der Waals surface area contributed by atoms with Crippen molar-refractivity contribution < 1.29 is 14.3 Å². The van der Waals surface area contributed by atoms with Crippen LogP contribution in [0.25, 0.3) is 0 Å². The fourth-order valence-electron chi connectivity index (χ4n) is 6.68. The number of aliphatic hydroxyl groups excluding tert-OH is 1. The van der Waals surface area contributed by atoms with Crippen molar-refractivity contribution in [1.82, 2.24) is 0 Å². The van der Waals surface area contributed by atoms with Crippen molar-refractivity contribution in [3.05, 3.63) is 0 Å². The van der Waals surface area contributed by atoms with Crippen LogP contribution in [0.3, 0.4) is 0 Å². The van der Waals surface area contributed by atoms with Crippen LogP contribution in [0.4, 0.5) is 0 Å². The lowest BCUT2D eigenvalue weighted by molar-refractivity contribution is -0.911. The molecule has 0 spiro atoms. The van der Waals surface area contributed by atoms with Crippen molar-refractivity contribution >= 4 is 0 Å². The summed E-state index contributed by atoms with van der Waals surface area (Å²) < 4.78 is 7.51. The zero-order chi connectivity index (χ0) is 15.9. The number of hydrogen-bond acceptors (Lipinski definition) is 2. The van der Waals surface area contributed by atoms with Crippen molar-refractivity contribution in [3.63, 3.8) is 0 Å². The van der Waals surface area contributed by atoms with Gasteiger partial charge < -0.3 is 14.3 Å². The Kier molecular flexibility index (Phi) is 4.49. The zero-order valence-corrected chi connectivity index (χ0v) is 15.0. The minimum Gasteiger partial charge on any atom is -0.385 e. The molecule has 23 heavy (non-hydrogen) atoms. The summed E-state index contributed by atoms with van der Waals surface area (Å²) in [5, 5.41) is 10.6. The number of nitrogens with zero attached hydrogens (tertiary/aromatic N) is 1. The van der Waals surface area contributed by atoms with Gasteiger partial charge in [0.15, 0.2) is 0 Å². The van der Waals surface area contributed by atoms with Gasteiger partial charge in [0.2, 0.25) is 0 Å². The molecule has 1 atom stereocenters. The van der Waals surface area contributed by atoms with E-state index < -0.39 is 0 Å². The van der Waals surface area contributed by atoms with E-state index in [0.29, 0.717) is 6.61 Å². The number of likely N-dealkylation sites (N-methyl/N-ethyl adjacent to an activating group) is 1. The summed E-state index contributed by atoms with van der Waals surface area (Å²) >= 11 is 0. The lowest BCUT2D eigenvalue weighted by Crippen LogP contribution is -2.54. The SMILES string of the molecule is C[N+]1(C[C@@H](O)COC23CC4CC(CC(C4)C2)C3)CCCCCC1. The van der Waals surface area contributed by atoms with Gasteiger partial charge in [-0.15, -0.1) is 0 Å². The van der Waals surface area contributed by atoms with Crippen molar-refractivity contribution in [2.75, 3.05) is 33.3 Å². The Morgan fingerprint density at radius 3 is 2.00 bits per heavy atom. The Balaban J connectivity index is 1.30. The van der Waals surface area contributed by atoms with E-state index in [9.17, 15) is 5.11 Å². The van der Waals surface area contributed by atoms with Crippen LogP contribution in [-0.2, 0) is 4.74 Å². The van der Waals surface area contributed by atoms with Gasteiger partial charge in [-0.05, 0) is 82.0 Å². The molecular formula is C20H36NO2+. The highest BCUT2D eigenvalue weighted by Gasteiger charge is 2.51. The first kappa shape index (κ1) is 16.4. The second-order valence-electron chi connectivity index (χ2n) is 9.73. The Hall–Kier alpha value is -0.120. The standard InChI is InChI=1S/C20H36NO2/c1-21(6-4-2-3-5-7-21)14-19(22)15-23-20-11-16-8-17(12-20)10-18(9-16)13-20/h16-19,22H,2-15H2,1H3/q+1/t16?,17?,18?,19-,20?/m1/s1. The zero-order valence-electron chi connectivity index (χ0n) is 15.0. The van der Waals surface area contributed by atoms with Crippen molar-refractivity contribution in [2.24, 2.45) is 17.8 Å². The molecule has 4 aliphatic carbocycles. The average molecular weight is 323 g/mol. The molecule has 3 nitrogen and oxygen atoms in total. The third-order valence-corrected chi connectivity index (χ3v) is 7.36. The Bertz CT molecular complexity index is 379. The van der Waals surface area contributed by atoms with E-state index in [1.54, 1.807) is 0 Å². The van der Waals surface area contributed by atoms with Gasteiger partial charge in [-0.25, -0.2) is 0 Å². The van der Waals surface area contributed by atoms with E-state index in [4.69, 9.17) is 4.74 Å². The maximum absolute atomic E-state index is 10.6. The molecule has 1 N–H and O–H groups in total. The third kappa shape index (κ3) is 3.62. The lowest BCUT2D eigenvalue weighted by Gasteiger charge is -2.56. The van der Waals surface area contributed by atoms with Crippen LogP contribution in [-0.4, -0.2) is 54.6 Å². The van der Waals surface area contributed by atoms with Crippen LogP contribution in [0.15, 0.2) is 0 Å². The monoisotopic (exact) mass is 322 g/mol. The number of hydrogen-bond donors (Lipinski definition) is 1. The van der Waals surface area contributed by atoms with Gasteiger partial charge in [-0.1, -0.05) is 0 Å². The normalized spacial score (nSPS) is 43.3. The van der Waals surface area contributed by atoms with E-state index in [1.807, 2.05) is 0 Å². The summed E-state index contributed by atoms with van der Waals surface area (Å²) in [5.41, 5.74) is 0.146. The summed E-state index contributed by atoms with van der Waals surface area (Å²) in [4.78, 5) is 0. The van der Waals surface area contributed by atoms with Crippen LogP contribution in [0.1, 0.15) is 64.2 Å². The molecule has 0 aromatic heterocycles. The van der Waals surface area contributed by atoms with E-state index in [2.05, 4.69) is 7.05 Å². The lowest BCUT2D eigenvalue weighted by atomic mass is 9.54. The molecule has 132 valence electrons. The quantitative estimate of drug-likeness (QED) is 0.787. The smallest absolute Gasteiger partial charge is 0.126 e. The van der Waals surface area contributed by atoms with Crippen LogP contribution in [0, 0.1) is 17.8 Å². The minimum absolute atomic E-state index is 0.146. The minimum atomic E-state index is -0.286. The number of ether oxygens (including phenoxy) is 1. The predicted octanol–water partition coefficient (Wildman–Crippen LogP) is 3.35. The number of aliphatic hydroxyl groups is 1. The van der Waals surface area contributed by atoms with Crippen molar-refractivity contribution in [3.8, 4) is 0 Å². The number of rotatable bonds is 5. The highest BCUT2D eigenvalue weighted by atomic mass is 16.5.